The third kappa shape index (κ3) is 3.37. The van der Waals surface area contributed by atoms with E-state index in [4.69, 9.17) is 9.72 Å². The molecule has 1 atom stereocenters. The smallest absolute Gasteiger partial charge is 0.243 e. The Morgan fingerprint density at radius 2 is 1.97 bits per heavy atom. The molecular weight excluding hydrogens is 406 g/mol. The highest BCUT2D eigenvalue weighted by molar-refractivity contribution is 7.89. The number of piperidine rings is 1. The second-order valence-electron chi connectivity index (χ2n) is 7.76. The number of hydrogen-bond donors (Lipinski definition) is 0. The molecule has 3 aromatic rings. The zero-order valence-corrected chi connectivity index (χ0v) is 19.2. The van der Waals surface area contributed by atoms with Crippen LogP contribution in [-0.2, 0) is 10.0 Å². The number of aryl methyl sites for hydroxylation is 4. The molecule has 8 heteroatoms. The fourth-order valence-electron chi connectivity index (χ4n) is 4.21. The first-order chi connectivity index (χ1) is 13.7. The number of sulfonamides is 1. The van der Waals surface area contributed by atoms with Crippen molar-refractivity contribution >= 4 is 26.2 Å². The maximum atomic E-state index is 13.3. The van der Waals surface area contributed by atoms with Gasteiger partial charge < -0.3 is 4.74 Å². The highest BCUT2D eigenvalue weighted by Gasteiger charge is 2.33. The molecule has 29 heavy (non-hydrogen) atoms. The van der Waals surface area contributed by atoms with Gasteiger partial charge in [0.1, 0.15) is 16.4 Å². The summed E-state index contributed by atoms with van der Waals surface area (Å²) in [7, 11) is -1.96. The number of hydrogen-bond acceptors (Lipinski definition) is 5. The molecule has 6 nitrogen and oxygen atoms in total. The minimum absolute atomic E-state index is 0.110. The molecule has 1 aliphatic rings. The van der Waals surface area contributed by atoms with E-state index in [-0.39, 0.29) is 5.92 Å². The molecule has 0 N–H and O–H groups in total. The number of aromatic nitrogens is 2. The molecule has 0 spiro atoms. The van der Waals surface area contributed by atoms with Crippen LogP contribution in [-0.4, -0.2) is 42.3 Å². The summed E-state index contributed by atoms with van der Waals surface area (Å²) in [5, 5.41) is 0. The number of thiazole rings is 1. The third-order valence-electron chi connectivity index (χ3n) is 5.90. The Bertz CT molecular complexity index is 1180. The first-order valence-electron chi connectivity index (χ1n) is 9.83. The summed E-state index contributed by atoms with van der Waals surface area (Å²) in [5.74, 6) is 1.78. The first kappa shape index (κ1) is 20.4. The van der Waals surface area contributed by atoms with E-state index in [0.717, 1.165) is 34.8 Å². The Labute approximate surface area is 176 Å². The van der Waals surface area contributed by atoms with E-state index in [2.05, 4.69) is 18.2 Å². The molecule has 0 unspecified atom stereocenters. The van der Waals surface area contributed by atoms with Crippen LogP contribution in [0.3, 0.4) is 0 Å². The summed E-state index contributed by atoms with van der Waals surface area (Å²) in [6.45, 7) is 9.13. The molecule has 1 aromatic carbocycles. The zero-order valence-electron chi connectivity index (χ0n) is 17.5. The summed E-state index contributed by atoms with van der Waals surface area (Å²) >= 11 is 1.75. The number of fused-ring (bicyclic) bond motifs is 1. The van der Waals surface area contributed by atoms with Gasteiger partial charge in [-0.3, -0.25) is 4.40 Å². The number of benzene rings is 1. The minimum atomic E-state index is -3.55. The van der Waals surface area contributed by atoms with Crippen LogP contribution in [0.15, 0.2) is 23.1 Å². The Hall–Kier alpha value is -1.90. The summed E-state index contributed by atoms with van der Waals surface area (Å²) in [6.07, 6.45) is 1.79. The normalized spacial score (nSPS) is 18.4. The van der Waals surface area contributed by atoms with E-state index in [1.807, 2.05) is 13.8 Å². The lowest BCUT2D eigenvalue weighted by Crippen LogP contribution is -2.39. The molecule has 1 aliphatic heterocycles. The van der Waals surface area contributed by atoms with Crippen LogP contribution in [0.4, 0.5) is 0 Å². The molecule has 4 rings (SSSR count). The lowest BCUT2D eigenvalue weighted by atomic mass is 9.97. The third-order valence-corrected chi connectivity index (χ3v) is 8.95. The summed E-state index contributed by atoms with van der Waals surface area (Å²) in [5.41, 5.74) is 3.07. The predicted molar refractivity (Wildman–Crippen MR) is 116 cm³/mol. The van der Waals surface area contributed by atoms with Crippen LogP contribution >= 0.6 is 11.3 Å². The number of rotatable bonds is 4. The summed E-state index contributed by atoms with van der Waals surface area (Å²) < 4.78 is 35.7. The van der Waals surface area contributed by atoms with Gasteiger partial charge in [-0.15, -0.1) is 11.3 Å². The van der Waals surface area contributed by atoms with Crippen molar-refractivity contribution in [2.45, 2.75) is 51.3 Å². The molecular formula is C21H27N3O3S2. The van der Waals surface area contributed by atoms with Gasteiger partial charge in [0.15, 0.2) is 0 Å². The molecule has 0 aliphatic carbocycles. The molecule has 0 saturated carbocycles. The van der Waals surface area contributed by atoms with E-state index >= 15 is 0 Å². The Morgan fingerprint density at radius 1 is 1.21 bits per heavy atom. The van der Waals surface area contributed by atoms with Gasteiger partial charge in [0, 0.05) is 29.6 Å². The van der Waals surface area contributed by atoms with Gasteiger partial charge in [-0.2, -0.15) is 4.31 Å². The van der Waals surface area contributed by atoms with Crippen molar-refractivity contribution in [1.29, 1.82) is 0 Å². The second kappa shape index (κ2) is 7.41. The molecule has 3 heterocycles. The highest BCUT2D eigenvalue weighted by Crippen LogP contribution is 2.36. The van der Waals surface area contributed by atoms with Crippen LogP contribution in [0.2, 0.25) is 0 Å². The number of imidazole rings is 1. The maximum absolute atomic E-state index is 13.3. The number of nitrogens with zero attached hydrogens (tertiary/aromatic N) is 3. The van der Waals surface area contributed by atoms with E-state index in [1.54, 1.807) is 41.0 Å². The molecule has 0 bridgehead atoms. The van der Waals surface area contributed by atoms with Gasteiger partial charge in [-0.05, 0) is 64.3 Å². The zero-order chi connectivity index (χ0) is 20.9. The molecule has 0 radical (unpaired) electrons. The van der Waals surface area contributed by atoms with Crippen LogP contribution < -0.4 is 4.74 Å². The van der Waals surface area contributed by atoms with Crippen LogP contribution in [0.5, 0.6) is 5.75 Å². The van der Waals surface area contributed by atoms with Crippen molar-refractivity contribution in [3.05, 3.63) is 45.9 Å². The van der Waals surface area contributed by atoms with Crippen molar-refractivity contribution in [3.63, 3.8) is 0 Å². The molecule has 1 fully saturated rings. The van der Waals surface area contributed by atoms with Gasteiger partial charge in [-0.25, -0.2) is 13.4 Å². The highest BCUT2D eigenvalue weighted by atomic mass is 32.2. The van der Waals surface area contributed by atoms with Crippen molar-refractivity contribution < 1.29 is 13.2 Å². The number of ether oxygens (including phenoxy) is 1. The summed E-state index contributed by atoms with van der Waals surface area (Å²) in [6, 6.07) is 5.06. The minimum Gasteiger partial charge on any atom is -0.496 e. The largest absolute Gasteiger partial charge is 0.496 e. The van der Waals surface area contributed by atoms with Gasteiger partial charge in [0.05, 0.1) is 17.7 Å². The molecule has 156 valence electrons. The van der Waals surface area contributed by atoms with Crippen molar-refractivity contribution in [3.8, 4) is 5.75 Å². The van der Waals surface area contributed by atoms with E-state index in [0.29, 0.717) is 23.7 Å². The van der Waals surface area contributed by atoms with Gasteiger partial charge in [0.2, 0.25) is 10.0 Å². The predicted octanol–water partition coefficient (Wildman–Crippen LogP) is 4.21. The van der Waals surface area contributed by atoms with E-state index < -0.39 is 10.0 Å². The Balaban J connectivity index is 1.67. The number of methoxy groups -OCH3 is 1. The van der Waals surface area contributed by atoms with Gasteiger partial charge in [0.25, 0.3) is 0 Å². The van der Waals surface area contributed by atoms with Gasteiger partial charge >= 0.3 is 0 Å². The Morgan fingerprint density at radius 3 is 2.66 bits per heavy atom. The van der Waals surface area contributed by atoms with Gasteiger partial charge in [-0.1, -0.05) is 0 Å². The fraction of sp³-hybridized carbons (Fsp3) is 0.476. The molecule has 0 amide bonds. The lowest BCUT2D eigenvalue weighted by Gasteiger charge is -2.31. The maximum Gasteiger partial charge on any atom is 0.243 e. The standard InChI is InChI=1S/C21H27N3O3S2/c1-13-11-18(8-9-19(13)27-5)29(25,26)23-10-6-7-17(12-23)20-21-24(16(4)22-20)14(2)15(3)28-21/h8-9,11,17H,6-7,10,12H2,1-5H3/t17-/m1/s1. The SMILES string of the molecule is COc1ccc(S(=O)(=O)N2CCC[C@@H](c3nc(C)n4c(C)c(C)sc34)C2)cc1C. The van der Waals surface area contributed by atoms with E-state index in [1.165, 1.54) is 10.6 Å². The summed E-state index contributed by atoms with van der Waals surface area (Å²) in [4.78, 5) is 7.59. The van der Waals surface area contributed by atoms with Crippen molar-refractivity contribution in [2.24, 2.45) is 0 Å². The first-order valence-corrected chi connectivity index (χ1v) is 12.1. The van der Waals surface area contributed by atoms with Crippen molar-refractivity contribution in [1.82, 2.24) is 13.7 Å². The average molecular weight is 434 g/mol. The lowest BCUT2D eigenvalue weighted by molar-refractivity contribution is 0.314. The molecule has 1 saturated heterocycles. The quantitative estimate of drug-likeness (QED) is 0.618. The topological polar surface area (TPSA) is 63.9 Å². The average Bonchev–Trinajstić information content (AvgIpc) is 3.18. The van der Waals surface area contributed by atoms with Crippen LogP contribution in [0, 0.1) is 27.7 Å². The van der Waals surface area contributed by atoms with Crippen LogP contribution in [0.1, 0.15) is 46.4 Å². The second-order valence-corrected chi connectivity index (χ2v) is 10.9. The monoisotopic (exact) mass is 433 g/mol. The molecule has 2 aromatic heterocycles. The van der Waals surface area contributed by atoms with Crippen molar-refractivity contribution in [2.75, 3.05) is 20.2 Å². The van der Waals surface area contributed by atoms with Crippen LogP contribution in [0.25, 0.3) is 4.83 Å². The Kier molecular flexibility index (Phi) is 5.21. The fourth-order valence-corrected chi connectivity index (χ4v) is 7.03. The van der Waals surface area contributed by atoms with E-state index in [9.17, 15) is 8.42 Å².